The van der Waals surface area contributed by atoms with Crippen molar-refractivity contribution in [3.8, 4) is 5.75 Å². The second-order valence-corrected chi connectivity index (χ2v) is 5.74. The molecule has 0 spiro atoms. The second kappa shape index (κ2) is 6.54. The molecule has 0 aliphatic heterocycles. The van der Waals surface area contributed by atoms with Gasteiger partial charge in [-0.1, -0.05) is 24.3 Å². The van der Waals surface area contributed by atoms with Gasteiger partial charge in [-0.25, -0.2) is 8.78 Å². The molecule has 0 fully saturated rings. The van der Waals surface area contributed by atoms with Crippen LogP contribution in [-0.2, 0) is 0 Å². The van der Waals surface area contributed by atoms with Gasteiger partial charge in [0.2, 0.25) is 0 Å². The maximum atomic E-state index is 13.7. The Morgan fingerprint density at radius 1 is 1.05 bits per heavy atom. The molecule has 2 nitrogen and oxygen atoms in total. The summed E-state index contributed by atoms with van der Waals surface area (Å²) in [6.07, 6.45) is -0.00764. The Kier molecular flexibility index (Phi) is 4.96. The number of hydrogen-bond donors (Lipinski definition) is 1. The molecule has 2 aromatic rings. The van der Waals surface area contributed by atoms with Crippen LogP contribution in [0.4, 0.5) is 8.78 Å². The number of para-hydroxylation sites is 1. The summed E-state index contributed by atoms with van der Waals surface area (Å²) in [6, 6.07) is 9.22. The highest BCUT2D eigenvalue weighted by atomic mass is 79.9. The summed E-state index contributed by atoms with van der Waals surface area (Å²) in [5, 5.41) is 0. The molecule has 112 valence electrons. The van der Waals surface area contributed by atoms with E-state index in [-0.39, 0.29) is 10.6 Å². The Hall–Kier alpha value is -1.46. The lowest BCUT2D eigenvalue weighted by atomic mass is 9.98. The van der Waals surface area contributed by atoms with E-state index in [2.05, 4.69) is 15.9 Å². The Morgan fingerprint density at radius 2 is 1.71 bits per heavy atom. The fourth-order valence-electron chi connectivity index (χ4n) is 2.05. The summed E-state index contributed by atoms with van der Waals surface area (Å²) in [5.41, 5.74) is 7.40. The fraction of sp³-hybridized carbons (Fsp3) is 0.250. The van der Waals surface area contributed by atoms with Crippen LogP contribution in [0, 0.1) is 11.6 Å². The summed E-state index contributed by atoms with van der Waals surface area (Å²) in [6.45, 7) is 3.82. The maximum absolute atomic E-state index is 13.7. The SMILES string of the molecule is CC(C)Oc1ccccc1C(N)c1ccc(F)c(F)c1Br. The van der Waals surface area contributed by atoms with E-state index >= 15 is 0 Å². The largest absolute Gasteiger partial charge is 0.491 e. The lowest BCUT2D eigenvalue weighted by Crippen LogP contribution is -2.16. The van der Waals surface area contributed by atoms with E-state index in [0.717, 1.165) is 11.6 Å². The molecule has 0 aliphatic rings. The van der Waals surface area contributed by atoms with Crippen molar-refractivity contribution < 1.29 is 13.5 Å². The first-order valence-electron chi connectivity index (χ1n) is 6.56. The molecular weight excluding hydrogens is 340 g/mol. The van der Waals surface area contributed by atoms with Crippen LogP contribution in [0.5, 0.6) is 5.75 Å². The van der Waals surface area contributed by atoms with Gasteiger partial charge in [0.05, 0.1) is 16.6 Å². The average Bonchev–Trinajstić information content (AvgIpc) is 2.44. The van der Waals surface area contributed by atoms with Gasteiger partial charge in [-0.2, -0.15) is 0 Å². The van der Waals surface area contributed by atoms with Crippen molar-refractivity contribution in [1.82, 2.24) is 0 Å². The molecular formula is C16H16BrF2NO. The molecule has 21 heavy (non-hydrogen) atoms. The van der Waals surface area contributed by atoms with Crippen LogP contribution < -0.4 is 10.5 Å². The van der Waals surface area contributed by atoms with Gasteiger partial charge >= 0.3 is 0 Å². The summed E-state index contributed by atoms with van der Waals surface area (Å²) in [4.78, 5) is 0. The highest BCUT2D eigenvalue weighted by molar-refractivity contribution is 9.10. The molecule has 2 N–H and O–H groups in total. The molecule has 1 atom stereocenters. The van der Waals surface area contributed by atoms with Crippen molar-refractivity contribution >= 4 is 15.9 Å². The molecule has 2 aromatic carbocycles. The van der Waals surface area contributed by atoms with Crippen molar-refractivity contribution in [2.75, 3.05) is 0 Å². The highest BCUT2D eigenvalue weighted by Crippen LogP contribution is 2.34. The monoisotopic (exact) mass is 355 g/mol. The molecule has 2 rings (SSSR count). The quantitative estimate of drug-likeness (QED) is 0.815. The van der Waals surface area contributed by atoms with Crippen molar-refractivity contribution in [1.29, 1.82) is 0 Å². The topological polar surface area (TPSA) is 35.2 Å². The zero-order chi connectivity index (χ0) is 15.6. The minimum Gasteiger partial charge on any atom is -0.491 e. The van der Waals surface area contributed by atoms with E-state index < -0.39 is 17.7 Å². The van der Waals surface area contributed by atoms with Crippen LogP contribution in [0.2, 0.25) is 0 Å². The number of ether oxygens (including phenoxy) is 1. The number of halogens is 3. The Morgan fingerprint density at radius 3 is 2.38 bits per heavy atom. The predicted molar refractivity (Wildman–Crippen MR) is 82.3 cm³/mol. The van der Waals surface area contributed by atoms with Gasteiger partial charge in [0.15, 0.2) is 11.6 Å². The van der Waals surface area contributed by atoms with E-state index in [4.69, 9.17) is 10.5 Å². The van der Waals surface area contributed by atoms with Crippen LogP contribution in [-0.4, -0.2) is 6.10 Å². The predicted octanol–water partition coefficient (Wildman–Crippen LogP) is 4.56. The van der Waals surface area contributed by atoms with E-state index in [9.17, 15) is 8.78 Å². The van der Waals surface area contributed by atoms with Gasteiger partial charge in [-0.05, 0) is 47.5 Å². The minimum atomic E-state index is -0.940. The minimum absolute atomic E-state index is 0.00764. The molecule has 1 unspecified atom stereocenters. The summed E-state index contributed by atoms with van der Waals surface area (Å²) in [7, 11) is 0. The molecule has 0 bridgehead atoms. The molecule has 0 saturated heterocycles. The Bertz CT molecular complexity index is 646. The van der Waals surface area contributed by atoms with Crippen molar-refractivity contribution in [2.45, 2.75) is 26.0 Å². The molecule has 0 radical (unpaired) electrons. The fourth-order valence-corrected chi connectivity index (χ4v) is 2.62. The smallest absolute Gasteiger partial charge is 0.173 e. The van der Waals surface area contributed by atoms with Crippen LogP contribution in [0.1, 0.15) is 31.0 Å². The van der Waals surface area contributed by atoms with Crippen molar-refractivity contribution in [3.05, 3.63) is 63.6 Å². The van der Waals surface area contributed by atoms with Crippen LogP contribution >= 0.6 is 15.9 Å². The zero-order valence-corrected chi connectivity index (χ0v) is 13.3. The molecule has 0 heterocycles. The van der Waals surface area contributed by atoms with Gasteiger partial charge < -0.3 is 10.5 Å². The standard InChI is InChI=1S/C16H16BrF2NO/c1-9(2)21-13-6-4-3-5-10(13)16(20)11-7-8-12(18)15(19)14(11)17/h3-9,16H,20H2,1-2H3. The molecule has 0 aliphatic carbocycles. The highest BCUT2D eigenvalue weighted by Gasteiger charge is 2.20. The first-order chi connectivity index (χ1) is 9.91. The van der Waals surface area contributed by atoms with Gasteiger partial charge in [0.25, 0.3) is 0 Å². The van der Waals surface area contributed by atoms with Crippen molar-refractivity contribution in [2.24, 2.45) is 5.73 Å². The second-order valence-electron chi connectivity index (χ2n) is 4.95. The Labute approximate surface area is 131 Å². The van der Waals surface area contributed by atoms with E-state index in [1.165, 1.54) is 6.07 Å². The molecule has 0 amide bonds. The summed E-state index contributed by atoms with van der Waals surface area (Å²) in [5.74, 6) is -1.22. The third kappa shape index (κ3) is 3.41. The van der Waals surface area contributed by atoms with Crippen LogP contribution in [0.15, 0.2) is 40.9 Å². The first-order valence-corrected chi connectivity index (χ1v) is 7.35. The van der Waals surface area contributed by atoms with E-state index in [1.807, 2.05) is 38.1 Å². The number of hydrogen-bond acceptors (Lipinski definition) is 2. The zero-order valence-electron chi connectivity index (χ0n) is 11.7. The van der Waals surface area contributed by atoms with Gasteiger partial charge in [0.1, 0.15) is 5.75 Å². The normalized spacial score (nSPS) is 12.5. The maximum Gasteiger partial charge on any atom is 0.173 e. The summed E-state index contributed by atoms with van der Waals surface area (Å²) >= 11 is 3.07. The van der Waals surface area contributed by atoms with E-state index in [1.54, 1.807) is 0 Å². The van der Waals surface area contributed by atoms with E-state index in [0.29, 0.717) is 11.3 Å². The lowest BCUT2D eigenvalue weighted by molar-refractivity contribution is 0.239. The third-order valence-electron chi connectivity index (χ3n) is 3.02. The average molecular weight is 356 g/mol. The lowest BCUT2D eigenvalue weighted by Gasteiger charge is -2.20. The molecule has 5 heteroatoms. The van der Waals surface area contributed by atoms with Crippen LogP contribution in [0.25, 0.3) is 0 Å². The molecule has 0 saturated carbocycles. The van der Waals surface area contributed by atoms with Crippen LogP contribution in [0.3, 0.4) is 0 Å². The Balaban J connectivity index is 2.45. The van der Waals surface area contributed by atoms with Gasteiger partial charge in [0, 0.05) is 5.56 Å². The number of nitrogens with two attached hydrogens (primary N) is 1. The van der Waals surface area contributed by atoms with Crippen molar-refractivity contribution in [3.63, 3.8) is 0 Å². The number of benzene rings is 2. The van der Waals surface area contributed by atoms with Gasteiger partial charge in [-0.15, -0.1) is 0 Å². The molecule has 0 aromatic heterocycles. The third-order valence-corrected chi connectivity index (χ3v) is 3.82. The number of rotatable bonds is 4. The summed E-state index contributed by atoms with van der Waals surface area (Å²) < 4.78 is 32.6. The van der Waals surface area contributed by atoms with Gasteiger partial charge in [-0.3, -0.25) is 0 Å². The first kappa shape index (κ1) is 15.9.